The van der Waals surface area contributed by atoms with E-state index < -0.39 is 21.6 Å². The molecule has 2 atom stereocenters. The number of halogens is 3. The van der Waals surface area contributed by atoms with Crippen molar-refractivity contribution in [1.82, 2.24) is 15.5 Å². The number of nitrogens with one attached hydrogen (secondary N) is 2. The number of benzene rings is 1. The van der Waals surface area contributed by atoms with Gasteiger partial charge in [-0.3, -0.25) is 0 Å². The number of rotatable bonds is 8. The lowest BCUT2D eigenvalue weighted by Crippen LogP contribution is -2.53. The minimum absolute atomic E-state index is 0.114. The molecule has 2 amide bonds. The summed E-state index contributed by atoms with van der Waals surface area (Å²) in [7, 11) is 0. The zero-order valence-corrected chi connectivity index (χ0v) is 22.2. The summed E-state index contributed by atoms with van der Waals surface area (Å²) >= 11 is 18.6. The van der Waals surface area contributed by atoms with Crippen LogP contribution in [0.15, 0.2) is 35.2 Å². The van der Waals surface area contributed by atoms with Gasteiger partial charge in [0.25, 0.3) is 0 Å². The molecule has 1 fully saturated rings. The van der Waals surface area contributed by atoms with Crippen molar-refractivity contribution in [3.05, 3.63) is 30.3 Å². The van der Waals surface area contributed by atoms with Crippen LogP contribution < -0.4 is 10.6 Å². The Balaban J connectivity index is 1.85. The number of piperazine rings is 1. The van der Waals surface area contributed by atoms with Crippen molar-refractivity contribution in [1.29, 1.82) is 0 Å². The average Bonchev–Trinajstić information content (AvgIpc) is 2.71. The molecular weight excluding hydrogens is 509 g/mol. The van der Waals surface area contributed by atoms with Gasteiger partial charge in [0.05, 0.1) is 5.37 Å². The van der Waals surface area contributed by atoms with Crippen molar-refractivity contribution >= 4 is 58.8 Å². The standard InChI is InChI=1S/C22H32Cl3N3O4S/c1-21(2,3)32-19(29)27-18(33-17-9-5-4-6-10-17)11-7-8-16-14-28(13-12-26-16)20(30)31-15-22(23,24)25/h4-6,9-10,16,18,26H,7-8,11-15H2,1-3H3,(H,27,29)/t16-,18?/m1/s1. The fourth-order valence-electron chi connectivity index (χ4n) is 3.23. The lowest BCUT2D eigenvalue weighted by Gasteiger charge is -2.33. The van der Waals surface area contributed by atoms with Crippen LogP contribution in [-0.2, 0) is 9.47 Å². The highest BCUT2D eigenvalue weighted by molar-refractivity contribution is 8.00. The molecule has 1 aliphatic heterocycles. The maximum absolute atomic E-state index is 12.3. The first kappa shape index (κ1) is 28.2. The third kappa shape index (κ3) is 12.3. The maximum Gasteiger partial charge on any atom is 0.410 e. The van der Waals surface area contributed by atoms with Crippen LogP contribution >= 0.6 is 46.6 Å². The molecule has 7 nitrogen and oxygen atoms in total. The molecule has 1 saturated heterocycles. The zero-order chi connectivity index (χ0) is 24.5. The van der Waals surface area contributed by atoms with Crippen molar-refractivity contribution in [3.63, 3.8) is 0 Å². The van der Waals surface area contributed by atoms with Crippen LogP contribution in [0, 0.1) is 0 Å². The molecule has 2 N–H and O–H groups in total. The Bertz CT molecular complexity index is 759. The first-order valence-electron chi connectivity index (χ1n) is 10.8. The second-order valence-corrected chi connectivity index (χ2v) is 12.6. The Labute approximate surface area is 215 Å². The van der Waals surface area contributed by atoms with Crippen molar-refractivity contribution < 1.29 is 19.1 Å². The van der Waals surface area contributed by atoms with E-state index in [0.29, 0.717) is 19.6 Å². The fourth-order valence-corrected chi connectivity index (χ4v) is 4.48. The molecule has 1 unspecified atom stereocenters. The highest BCUT2D eigenvalue weighted by Gasteiger charge is 2.28. The molecule has 0 bridgehead atoms. The van der Waals surface area contributed by atoms with Crippen LogP contribution in [0.25, 0.3) is 0 Å². The Hall–Kier alpha value is -1.06. The Morgan fingerprint density at radius 3 is 2.58 bits per heavy atom. The van der Waals surface area contributed by atoms with Crippen molar-refractivity contribution in [2.45, 2.75) is 65.7 Å². The molecule has 1 heterocycles. The summed E-state index contributed by atoms with van der Waals surface area (Å²) in [6.45, 7) is 6.92. The third-order valence-corrected chi connectivity index (χ3v) is 6.10. The van der Waals surface area contributed by atoms with Crippen molar-refractivity contribution in [2.24, 2.45) is 0 Å². The molecule has 1 aliphatic rings. The molecule has 1 aromatic rings. The second kappa shape index (κ2) is 13.1. The van der Waals surface area contributed by atoms with Crippen molar-refractivity contribution in [2.75, 3.05) is 26.2 Å². The lowest BCUT2D eigenvalue weighted by atomic mass is 10.1. The van der Waals surface area contributed by atoms with Crippen LogP contribution in [0.1, 0.15) is 40.0 Å². The highest BCUT2D eigenvalue weighted by Crippen LogP contribution is 2.27. The number of amides is 2. The number of alkyl carbamates (subject to hydrolysis) is 1. The monoisotopic (exact) mass is 539 g/mol. The molecule has 2 rings (SSSR count). The second-order valence-electron chi connectivity index (χ2n) is 8.76. The first-order valence-corrected chi connectivity index (χ1v) is 12.9. The van der Waals surface area contributed by atoms with E-state index in [1.165, 1.54) is 0 Å². The average molecular weight is 541 g/mol. The van der Waals surface area contributed by atoms with E-state index in [9.17, 15) is 9.59 Å². The summed E-state index contributed by atoms with van der Waals surface area (Å²) in [6, 6.07) is 10.0. The van der Waals surface area contributed by atoms with E-state index in [1.807, 2.05) is 51.1 Å². The molecule has 0 aliphatic carbocycles. The van der Waals surface area contributed by atoms with E-state index >= 15 is 0 Å². The van der Waals surface area contributed by atoms with Crippen LogP contribution in [-0.4, -0.2) is 64.1 Å². The fraction of sp³-hybridized carbons (Fsp3) is 0.636. The van der Waals surface area contributed by atoms with E-state index in [0.717, 1.165) is 24.2 Å². The van der Waals surface area contributed by atoms with Gasteiger partial charge in [-0.1, -0.05) is 53.0 Å². The molecule has 33 heavy (non-hydrogen) atoms. The zero-order valence-electron chi connectivity index (χ0n) is 19.1. The van der Waals surface area contributed by atoms with Gasteiger partial charge in [0, 0.05) is 30.6 Å². The summed E-state index contributed by atoms with van der Waals surface area (Å²) in [6.07, 6.45) is 1.49. The van der Waals surface area contributed by atoms with E-state index in [4.69, 9.17) is 44.3 Å². The van der Waals surface area contributed by atoms with Gasteiger partial charge in [0.15, 0.2) is 0 Å². The van der Waals surface area contributed by atoms with Crippen LogP contribution in [0.4, 0.5) is 9.59 Å². The quantitative estimate of drug-likeness (QED) is 0.255. The van der Waals surface area contributed by atoms with E-state index in [1.54, 1.807) is 16.7 Å². The number of nitrogens with zero attached hydrogens (tertiary/aromatic N) is 1. The van der Waals surface area contributed by atoms with Gasteiger partial charge in [0.1, 0.15) is 12.2 Å². The summed E-state index contributed by atoms with van der Waals surface area (Å²) in [5, 5.41) is 6.26. The molecule has 0 spiro atoms. The number of carbonyl (C=O) groups is 2. The summed E-state index contributed by atoms with van der Waals surface area (Å²) in [5.41, 5.74) is -0.563. The number of hydrogen-bond acceptors (Lipinski definition) is 6. The topological polar surface area (TPSA) is 79.9 Å². The largest absolute Gasteiger partial charge is 0.445 e. The van der Waals surface area contributed by atoms with Gasteiger partial charge < -0.3 is 25.0 Å². The number of alkyl halides is 3. The Kier molecular flexibility index (Phi) is 11.2. The SMILES string of the molecule is CC(C)(C)OC(=O)NC(CCC[C@@H]1CN(C(=O)OCC(Cl)(Cl)Cl)CCN1)Sc1ccccc1. The summed E-state index contributed by atoms with van der Waals surface area (Å²) in [5.74, 6) is 0. The predicted octanol–water partition coefficient (Wildman–Crippen LogP) is 5.58. The van der Waals surface area contributed by atoms with E-state index in [2.05, 4.69) is 10.6 Å². The minimum Gasteiger partial charge on any atom is -0.445 e. The van der Waals surface area contributed by atoms with Crippen LogP contribution in [0.5, 0.6) is 0 Å². The van der Waals surface area contributed by atoms with Gasteiger partial charge in [-0.15, -0.1) is 11.8 Å². The normalized spacial score (nSPS) is 17.9. The Morgan fingerprint density at radius 1 is 1.24 bits per heavy atom. The first-order chi connectivity index (χ1) is 15.4. The minimum atomic E-state index is -1.63. The number of carbonyl (C=O) groups excluding carboxylic acids is 2. The molecule has 1 aromatic carbocycles. The number of ether oxygens (including phenoxy) is 2. The predicted molar refractivity (Wildman–Crippen MR) is 134 cm³/mol. The van der Waals surface area contributed by atoms with Crippen molar-refractivity contribution in [3.8, 4) is 0 Å². The molecule has 0 aromatic heterocycles. The van der Waals surface area contributed by atoms with Gasteiger partial charge in [-0.25, -0.2) is 9.59 Å². The molecule has 186 valence electrons. The number of thioether (sulfide) groups is 1. The molecule has 0 radical (unpaired) electrons. The lowest BCUT2D eigenvalue weighted by molar-refractivity contribution is 0.0519. The van der Waals surface area contributed by atoms with Crippen LogP contribution in [0.2, 0.25) is 0 Å². The third-order valence-electron chi connectivity index (χ3n) is 4.59. The molecule has 11 heteroatoms. The summed E-state index contributed by atoms with van der Waals surface area (Å²) < 4.78 is 8.88. The maximum atomic E-state index is 12.3. The smallest absolute Gasteiger partial charge is 0.410 e. The van der Waals surface area contributed by atoms with Crippen LogP contribution in [0.3, 0.4) is 0 Å². The van der Waals surface area contributed by atoms with Gasteiger partial charge >= 0.3 is 12.2 Å². The summed E-state index contributed by atoms with van der Waals surface area (Å²) in [4.78, 5) is 27.3. The molecular formula is C22H32Cl3N3O4S. The number of hydrogen-bond donors (Lipinski definition) is 2. The highest BCUT2D eigenvalue weighted by atomic mass is 35.6. The van der Waals surface area contributed by atoms with E-state index in [-0.39, 0.29) is 18.0 Å². The Morgan fingerprint density at radius 2 is 1.94 bits per heavy atom. The van der Waals surface area contributed by atoms with Gasteiger partial charge in [-0.2, -0.15) is 0 Å². The van der Waals surface area contributed by atoms with Gasteiger partial charge in [-0.05, 0) is 52.2 Å². The van der Waals surface area contributed by atoms with Gasteiger partial charge in [0.2, 0.25) is 3.79 Å². The molecule has 0 saturated carbocycles.